The Bertz CT molecular complexity index is 536. The van der Waals surface area contributed by atoms with Gasteiger partial charge >= 0.3 is 5.97 Å². The van der Waals surface area contributed by atoms with Gasteiger partial charge in [0.15, 0.2) is 0 Å². The van der Waals surface area contributed by atoms with Gasteiger partial charge in [-0.1, -0.05) is 6.07 Å². The summed E-state index contributed by atoms with van der Waals surface area (Å²) >= 11 is 0. The van der Waals surface area contributed by atoms with E-state index < -0.39 is 0 Å². The molecule has 0 aliphatic heterocycles. The molecule has 0 amide bonds. The molecule has 0 spiro atoms. The number of ether oxygens (including phenoxy) is 1. The highest BCUT2D eigenvalue weighted by molar-refractivity contribution is 5.70. The zero-order valence-electron chi connectivity index (χ0n) is 10.0. The van der Waals surface area contributed by atoms with Gasteiger partial charge < -0.3 is 10.5 Å². The van der Waals surface area contributed by atoms with E-state index in [4.69, 9.17) is 10.5 Å². The zero-order chi connectivity index (χ0) is 13.0. The Morgan fingerprint density at radius 1 is 1.44 bits per heavy atom. The van der Waals surface area contributed by atoms with Crippen molar-refractivity contribution in [2.45, 2.75) is 13.5 Å². The van der Waals surface area contributed by atoms with Crippen molar-refractivity contribution in [3.63, 3.8) is 0 Å². The van der Waals surface area contributed by atoms with Crippen LogP contribution in [0.2, 0.25) is 0 Å². The van der Waals surface area contributed by atoms with Crippen molar-refractivity contribution in [3.8, 4) is 11.4 Å². The van der Waals surface area contributed by atoms with E-state index in [1.54, 1.807) is 19.2 Å². The number of aromatic nitrogens is 3. The summed E-state index contributed by atoms with van der Waals surface area (Å²) in [5.41, 5.74) is 7.14. The van der Waals surface area contributed by atoms with E-state index in [0.717, 1.165) is 0 Å². The highest BCUT2D eigenvalue weighted by Gasteiger charge is 2.11. The standard InChI is InChI=1S/C12H14N4O2/c1-2-18-12(17)8-16-11(13)7-10(15-16)9-5-3-4-6-14-9/h3-7H,2,8,13H2,1H3. The number of anilines is 1. The quantitative estimate of drug-likeness (QED) is 0.816. The van der Waals surface area contributed by atoms with Crippen LogP contribution < -0.4 is 5.73 Å². The van der Waals surface area contributed by atoms with Crippen molar-refractivity contribution < 1.29 is 9.53 Å². The van der Waals surface area contributed by atoms with Crippen LogP contribution in [-0.4, -0.2) is 27.3 Å². The molecule has 2 heterocycles. The highest BCUT2D eigenvalue weighted by Crippen LogP contribution is 2.17. The van der Waals surface area contributed by atoms with Crippen molar-refractivity contribution in [1.29, 1.82) is 0 Å². The first-order valence-electron chi connectivity index (χ1n) is 5.61. The van der Waals surface area contributed by atoms with Crippen LogP contribution in [0.5, 0.6) is 0 Å². The van der Waals surface area contributed by atoms with Crippen molar-refractivity contribution in [2.75, 3.05) is 12.3 Å². The summed E-state index contributed by atoms with van der Waals surface area (Å²) in [6.07, 6.45) is 1.68. The lowest BCUT2D eigenvalue weighted by atomic mass is 10.3. The fourth-order valence-electron chi connectivity index (χ4n) is 1.53. The first-order chi connectivity index (χ1) is 8.70. The van der Waals surface area contributed by atoms with Crippen LogP contribution in [-0.2, 0) is 16.1 Å². The Kier molecular flexibility index (Phi) is 3.57. The van der Waals surface area contributed by atoms with Gasteiger partial charge in [-0.15, -0.1) is 0 Å². The SMILES string of the molecule is CCOC(=O)Cn1nc(-c2ccccn2)cc1N. The minimum atomic E-state index is -0.361. The second kappa shape index (κ2) is 5.31. The van der Waals surface area contributed by atoms with Crippen LogP contribution in [0.15, 0.2) is 30.5 Å². The van der Waals surface area contributed by atoms with Crippen molar-refractivity contribution in [1.82, 2.24) is 14.8 Å². The normalized spacial score (nSPS) is 10.3. The Morgan fingerprint density at radius 2 is 2.28 bits per heavy atom. The fraction of sp³-hybridized carbons (Fsp3) is 0.250. The van der Waals surface area contributed by atoms with Gasteiger partial charge in [0.2, 0.25) is 0 Å². The maximum absolute atomic E-state index is 11.4. The van der Waals surface area contributed by atoms with Crippen LogP contribution in [0, 0.1) is 0 Å². The van der Waals surface area contributed by atoms with Crippen LogP contribution >= 0.6 is 0 Å². The number of hydrogen-bond acceptors (Lipinski definition) is 5. The van der Waals surface area contributed by atoms with E-state index in [2.05, 4.69) is 10.1 Å². The highest BCUT2D eigenvalue weighted by atomic mass is 16.5. The predicted molar refractivity (Wildman–Crippen MR) is 66.5 cm³/mol. The van der Waals surface area contributed by atoms with Gasteiger partial charge in [0.25, 0.3) is 0 Å². The van der Waals surface area contributed by atoms with Gasteiger partial charge in [0, 0.05) is 12.3 Å². The molecule has 0 aliphatic carbocycles. The maximum Gasteiger partial charge on any atom is 0.327 e. The summed E-state index contributed by atoms with van der Waals surface area (Å²) in [5.74, 6) is 0.0450. The van der Waals surface area contributed by atoms with Gasteiger partial charge in [-0.2, -0.15) is 5.10 Å². The molecule has 0 aliphatic rings. The fourth-order valence-corrected chi connectivity index (χ4v) is 1.53. The molecule has 0 aromatic carbocycles. The minimum Gasteiger partial charge on any atom is -0.465 e. The third-order valence-electron chi connectivity index (χ3n) is 2.32. The number of esters is 1. The molecule has 2 N–H and O–H groups in total. The topological polar surface area (TPSA) is 83.0 Å². The van der Waals surface area contributed by atoms with Gasteiger partial charge in [0.1, 0.15) is 18.1 Å². The van der Waals surface area contributed by atoms with E-state index in [9.17, 15) is 4.79 Å². The van der Waals surface area contributed by atoms with Gasteiger partial charge in [-0.25, -0.2) is 4.68 Å². The maximum atomic E-state index is 11.4. The summed E-state index contributed by atoms with van der Waals surface area (Å²) in [6.45, 7) is 2.10. The Balaban J connectivity index is 2.20. The minimum absolute atomic E-state index is 0.00646. The molecule has 0 bridgehead atoms. The van der Waals surface area contributed by atoms with E-state index in [0.29, 0.717) is 23.8 Å². The van der Waals surface area contributed by atoms with Crippen molar-refractivity contribution >= 4 is 11.8 Å². The lowest BCUT2D eigenvalue weighted by Gasteiger charge is -2.03. The van der Waals surface area contributed by atoms with Gasteiger partial charge in [-0.05, 0) is 19.1 Å². The third-order valence-corrected chi connectivity index (χ3v) is 2.32. The third kappa shape index (κ3) is 2.65. The number of carbonyl (C=O) groups excluding carboxylic acids is 1. The molecule has 0 unspecified atom stereocenters. The number of pyridine rings is 1. The van der Waals surface area contributed by atoms with E-state index >= 15 is 0 Å². The molecule has 0 atom stereocenters. The largest absolute Gasteiger partial charge is 0.465 e. The summed E-state index contributed by atoms with van der Waals surface area (Å²) in [6, 6.07) is 7.20. The number of nitrogens with two attached hydrogens (primary N) is 1. The molecule has 0 fully saturated rings. The average molecular weight is 246 g/mol. The van der Waals surface area contributed by atoms with Crippen molar-refractivity contribution in [3.05, 3.63) is 30.5 Å². The second-order valence-electron chi connectivity index (χ2n) is 3.63. The van der Waals surface area contributed by atoms with Crippen LogP contribution in [0.25, 0.3) is 11.4 Å². The Labute approximate surface area is 104 Å². The van der Waals surface area contributed by atoms with Gasteiger partial charge in [0.05, 0.1) is 12.3 Å². The lowest BCUT2D eigenvalue weighted by molar-refractivity contribution is -0.143. The number of nitrogen functional groups attached to an aromatic ring is 1. The number of carbonyl (C=O) groups is 1. The van der Waals surface area contributed by atoms with Crippen LogP contribution in [0.1, 0.15) is 6.92 Å². The number of rotatable bonds is 4. The van der Waals surface area contributed by atoms with Crippen LogP contribution in [0.3, 0.4) is 0 Å². The first-order valence-corrected chi connectivity index (χ1v) is 5.61. The van der Waals surface area contributed by atoms with E-state index in [1.165, 1.54) is 4.68 Å². The van der Waals surface area contributed by atoms with E-state index in [-0.39, 0.29) is 12.5 Å². The predicted octanol–water partition coefficient (Wildman–Crippen LogP) is 1.09. The molecule has 2 rings (SSSR count). The summed E-state index contributed by atoms with van der Waals surface area (Å²) in [7, 11) is 0. The van der Waals surface area contributed by atoms with Crippen LogP contribution in [0.4, 0.5) is 5.82 Å². The zero-order valence-corrected chi connectivity index (χ0v) is 10.0. The van der Waals surface area contributed by atoms with Gasteiger partial charge in [-0.3, -0.25) is 9.78 Å². The summed E-state index contributed by atoms with van der Waals surface area (Å²) in [5, 5.41) is 4.23. The molecule has 0 radical (unpaired) electrons. The molecule has 0 saturated carbocycles. The second-order valence-corrected chi connectivity index (χ2v) is 3.63. The number of hydrogen-bond donors (Lipinski definition) is 1. The monoisotopic (exact) mass is 246 g/mol. The smallest absolute Gasteiger partial charge is 0.327 e. The Morgan fingerprint density at radius 3 is 2.94 bits per heavy atom. The number of nitrogens with zero attached hydrogens (tertiary/aromatic N) is 3. The lowest BCUT2D eigenvalue weighted by Crippen LogP contribution is -2.16. The molecule has 2 aromatic rings. The average Bonchev–Trinajstić information content (AvgIpc) is 2.72. The summed E-state index contributed by atoms with van der Waals surface area (Å²) < 4.78 is 6.25. The van der Waals surface area contributed by atoms with Crippen molar-refractivity contribution in [2.24, 2.45) is 0 Å². The molecule has 2 aromatic heterocycles. The molecule has 6 heteroatoms. The summed E-state index contributed by atoms with van der Waals surface area (Å²) in [4.78, 5) is 15.5. The molecule has 94 valence electrons. The molecule has 0 saturated heterocycles. The molecule has 18 heavy (non-hydrogen) atoms. The molecular formula is C12H14N4O2. The Hall–Kier alpha value is -2.37. The first kappa shape index (κ1) is 12.1. The molecular weight excluding hydrogens is 232 g/mol. The van der Waals surface area contributed by atoms with E-state index in [1.807, 2.05) is 18.2 Å². The molecule has 6 nitrogen and oxygen atoms in total.